The Labute approximate surface area is 128 Å². The molecule has 0 spiro atoms. The monoisotopic (exact) mass is 311 g/mol. The molecule has 1 aromatic rings. The number of rotatable bonds is 4. The highest BCUT2D eigenvalue weighted by Crippen LogP contribution is 2.34. The number of nitro groups is 1. The molecule has 1 aromatic carbocycles. The number of amides is 1. The second kappa shape index (κ2) is 5.99. The number of nitrogens with zero attached hydrogens (tertiary/aromatic N) is 1. The van der Waals surface area contributed by atoms with E-state index in [0.29, 0.717) is 17.8 Å². The fourth-order valence-corrected chi connectivity index (χ4v) is 2.83. The third kappa shape index (κ3) is 3.01. The van der Waals surface area contributed by atoms with Crippen molar-refractivity contribution >= 4 is 28.9 Å². The lowest BCUT2D eigenvalue weighted by Gasteiger charge is -2.25. The number of anilines is 1. The van der Waals surface area contributed by atoms with Gasteiger partial charge < -0.3 is 10.6 Å². The van der Waals surface area contributed by atoms with Crippen molar-refractivity contribution in [2.45, 2.75) is 26.7 Å². The van der Waals surface area contributed by atoms with Crippen LogP contribution in [0.1, 0.15) is 25.3 Å². The highest BCUT2D eigenvalue weighted by atomic mass is 35.5. The Balaban J connectivity index is 2.25. The molecule has 1 aliphatic heterocycles. The quantitative estimate of drug-likeness (QED) is 0.661. The Morgan fingerprint density at radius 1 is 1.57 bits per heavy atom. The van der Waals surface area contributed by atoms with E-state index in [0.717, 1.165) is 19.4 Å². The van der Waals surface area contributed by atoms with E-state index in [1.54, 1.807) is 6.92 Å². The Bertz CT molecular complexity index is 583. The first-order valence-corrected chi connectivity index (χ1v) is 7.24. The first kappa shape index (κ1) is 15.7. The first-order chi connectivity index (χ1) is 9.89. The average Bonchev–Trinajstić information content (AvgIpc) is 2.92. The molecule has 0 aromatic heterocycles. The summed E-state index contributed by atoms with van der Waals surface area (Å²) in [6.07, 6.45) is 1.53. The van der Waals surface area contributed by atoms with E-state index in [4.69, 9.17) is 11.6 Å². The number of hydrogen-bond acceptors (Lipinski definition) is 4. The largest absolute Gasteiger partial charge is 0.325 e. The molecule has 2 N–H and O–H groups in total. The predicted molar refractivity (Wildman–Crippen MR) is 81.7 cm³/mol. The van der Waals surface area contributed by atoms with E-state index in [9.17, 15) is 14.9 Å². The number of carbonyl (C=O) groups is 1. The molecule has 1 atom stereocenters. The minimum absolute atomic E-state index is 0.0241. The fraction of sp³-hybridized carbons (Fsp3) is 0.500. The predicted octanol–water partition coefficient (Wildman–Crippen LogP) is 2.88. The molecule has 7 heteroatoms. The fourth-order valence-electron chi connectivity index (χ4n) is 2.60. The smallest absolute Gasteiger partial charge is 0.288 e. The summed E-state index contributed by atoms with van der Waals surface area (Å²) in [5, 5.41) is 16.9. The molecule has 1 heterocycles. The van der Waals surface area contributed by atoms with Crippen LogP contribution in [0.3, 0.4) is 0 Å². The number of hydrogen-bond donors (Lipinski definition) is 2. The van der Waals surface area contributed by atoms with Crippen LogP contribution in [0.5, 0.6) is 0 Å². The van der Waals surface area contributed by atoms with Gasteiger partial charge in [0.2, 0.25) is 5.91 Å². The van der Waals surface area contributed by atoms with Crippen LogP contribution >= 0.6 is 11.6 Å². The molecule has 1 fully saturated rings. The maximum Gasteiger partial charge on any atom is 0.288 e. The van der Waals surface area contributed by atoms with E-state index in [2.05, 4.69) is 10.6 Å². The Kier molecular flexibility index (Phi) is 4.49. The van der Waals surface area contributed by atoms with Crippen LogP contribution in [-0.4, -0.2) is 23.9 Å². The lowest BCUT2D eigenvalue weighted by molar-refractivity contribution is -0.384. The lowest BCUT2D eigenvalue weighted by Crippen LogP contribution is -2.37. The minimum Gasteiger partial charge on any atom is -0.325 e. The van der Waals surface area contributed by atoms with Crippen molar-refractivity contribution < 1.29 is 9.72 Å². The molecule has 2 rings (SSSR count). The third-order valence-corrected chi connectivity index (χ3v) is 4.44. The van der Waals surface area contributed by atoms with Crippen LogP contribution in [0.4, 0.5) is 11.4 Å². The Morgan fingerprint density at radius 3 is 2.81 bits per heavy atom. The molecule has 114 valence electrons. The summed E-state index contributed by atoms with van der Waals surface area (Å²) >= 11 is 5.90. The zero-order valence-corrected chi connectivity index (χ0v) is 12.8. The minimum atomic E-state index is -0.532. The van der Waals surface area contributed by atoms with Gasteiger partial charge in [0.15, 0.2) is 0 Å². The number of benzene rings is 1. The molecule has 0 saturated carbocycles. The van der Waals surface area contributed by atoms with E-state index in [-0.39, 0.29) is 16.6 Å². The zero-order valence-electron chi connectivity index (χ0n) is 12.0. The van der Waals surface area contributed by atoms with Gasteiger partial charge in [-0.2, -0.15) is 0 Å². The van der Waals surface area contributed by atoms with E-state index >= 15 is 0 Å². The maximum atomic E-state index is 12.5. The van der Waals surface area contributed by atoms with Crippen LogP contribution < -0.4 is 10.6 Å². The van der Waals surface area contributed by atoms with Crippen LogP contribution in [0.25, 0.3) is 0 Å². The molecule has 1 unspecified atom stereocenters. The van der Waals surface area contributed by atoms with Crippen LogP contribution in [0, 0.1) is 22.5 Å². The van der Waals surface area contributed by atoms with Crippen LogP contribution in [0.15, 0.2) is 12.1 Å². The summed E-state index contributed by atoms with van der Waals surface area (Å²) in [6.45, 7) is 5.17. The molecule has 0 aliphatic carbocycles. The highest BCUT2D eigenvalue weighted by Gasteiger charge is 2.39. The van der Waals surface area contributed by atoms with Gasteiger partial charge in [0.05, 0.1) is 10.3 Å². The molecule has 0 radical (unpaired) electrons. The average molecular weight is 312 g/mol. The standard InChI is InChI=1S/C14H18ClN3O3/c1-3-14(4-5-16-8-14)13(19)17-11-7-10(15)12(18(20)21)6-9(11)2/h6-7,16H,3-5,8H2,1-2H3,(H,17,19). The number of nitrogens with one attached hydrogen (secondary N) is 2. The highest BCUT2D eigenvalue weighted by molar-refractivity contribution is 6.33. The summed E-state index contributed by atoms with van der Waals surface area (Å²) in [6, 6.07) is 2.82. The van der Waals surface area contributed by atoms with Crippen molar-refractivity contribution in [2.24, 2.45) is 5.41 Å². The van der Waals surface area contributed by atoms with Gasteiger partial charge in [-0.15, -0.1) is 0 Å². The molecule has 1 saturated heterocycles. The van der Waals surface area contributed by atoms with Gasteiger partial charge in [-0.05, 0) is 37.9 Å². The summed E-state index contributed by atoms with van der Waals surface area (Å²) in [7, 11) is 0. The van der Waals surface area contributed by atoms with Gasteiger partial charge in [0.1, 0.15) is 5.02 Å². The molecule has 21 heavy (non-hydrogen) atoms. The lowest BCUT2D eigenvalue weighted by atomic mass is 9.83. The van der Waals surface area contributed by atoms with Gasteiger partial charge in [0.25, 0.3) is 5.69 Å². The van der Waals surface area contributed by atoms with Gasteiger partial charge in [0, 0.05) is 18.3 Å². The van der Waals surface area contributed by atoms with Crippen molar-refractivity contribution in [1.82, 2.24) is 5.32 Å². The van der Waals surface area contributed by atoms with Crippen molar-refractivity contribution in [3.8, 4) is 0 Å². The van der Waals surface area contributed by atoms with Crippen molar-refractivity contribution in [3.05, 3.63) is 32.8 Å². The summed E-state index contributed by atoms with van der Waals surface area (Å²) in [5.74, 6) is -0.0666. The van der Waals surface area contributed by atoms with Crippen LogP contribution in [-0.2, 0) is 4.79 Å². The third-order valence-electron chi connectivity index (χ3n) is 4.14. The molecule has 1 amide bonds. The SMILES string of the molecule is CCC1(C(=O)Nc2cc(Cl)c([N+](=O)[O-])cc2C)CCNC1. The second-order valence-electron chi connectivity index (χ2n) is 5.39. The second-order valence-corrected chi connectivity index (χ2v) is 5.80. The first-order valence-electron chi connectivity index (χ1n) is 6.86. The number of halogens is 1. The Hall–Kier alpha value is -1.66. The molecule has 1 aliphatic rings. The van der Waals surface area contributed by atoms with E-state index in [1.165, 1.54) is 12.1 Å². The van der Waals surface area contributed by atoms with Crippen molar-refractivity contribution in [2.75, 3.05) is 18.4 Å². The van der Waals surface area contributed by atoms with Gasteiger partial charge in [-0.25, -0.2) is 0 Å². The summed E-state index contributed by atoms with van der Waals surface area (Å²) < 4.78 is 0. The van der Waals surface area contributed by atoms with E-state index in [1.807, 2.05) is 6.92 Å². The molecule has 6 nitrogen and oxygen atoms in total. The van der Waals surface area contributed by atoms with Gasteiger partial charge >= 0.3 is 0 Å². The topological polar surface area (TPSA) is 84.3 Å². The van der Waals surface area contributed by atoms with Crippen molar-refractivity contribution in [3.63, 3.8) is 0 Å². The van der Waals surface area contributed by atoms with Gasteiger partial charge in [-0.1, -0.05) is 18.5 Å². The van der Waals surface area contributed by atoms with Crippen molar-refractivity contribution in [1.29, 1.82) is 0 Å². The normalized spacial score (nSPS) is 21.3. The summed E-state index contributed by atoms with van der Waals surface area (Å²) in [5.41, 5.74) is 0.577. The Morgan fingerprint density at radius 2 is 2.29 bits per heavy atom. The number of carbonyl (C=O) groups excluding carboxylic acids is 1. The van der Waals surface area contributed by atoms with Crippen LogP contribution in [0.2, 0.25) is 5.02 Å². The molecular formula is C14H18ClN3O3. The van der Waals surface area contributed by atoms with Gasteiger partial charge in [-0.3, -0.25) is 14.9 Å². The number of aryl methyl sites for hydroxylation is 1. The molecule has 0 bridgehead atoms. The maximum absolute atomic E-state index is 12.5. The molecular weight excluding hydrogens is 294 g/mol. The zero-order chi connectivity index (χ0) is 15.6. The van der Waals surface area contributed by atoms with E-state index < -0.39 is 10.3 Å². The number of nitro benzene ring substituents is 1. The summed E-state index contributed by atoms with van der Waals surface area (Å²) in [4.78, 5) is 22.8.